The second-order valence-electron chi connectivity index (χ2n) is 3.28. The SMILES string of the molecule is O=C(Cl)c1nc([N+](=O)[O-])c(OC(F)(F)F)cc1C(F)(F)F. The maximum Gasteiger partial charge on any atom is 0.573 e. The Morgan fingerprint density at radius 2 is 1.81 bits per heavy atom. The third-order valence-electron chi connectivity index (χ3n) is 1.86. The molecule has 0 amide bonds. The molecular weight excluding hydrogens is 338 g/mol. The van der Waals surface area contributed by atoms with Crippen molar-refractivity contribution in [1.82, 2.24) is 4.98 Å². The number of halogens is 7. The van der Waals surface area contributed by atoms with Gasteiger partial charge in [0.15, 0.2) is 0 Å². The van der Waals surface area contributed by atoms with E-state index in [4.69, 9.17) is 11.6 Å². The predicted octanol–water partition coefficient (Wildman–Crippen LogP) is 3.29. The van der Waals surface area contributed by atoms with Gasteiger partial charge in [0.05, 0.1) is 0 Å². The van der Waals surface area contributed by atoms with E-state index in [-0.39, 0.29) is 6.07 Å². The molecule has 0 saturated carbocycles. The summed E-state index contributed by atoms with van der Waals surface area (Å²) in [5.41, 5.74) is -3.60. The molecule has 0 fully saturated rings. The number of nitro groups is 1. The lowest BCUT2D eigenvalue weighted by Gasteiger charge is -2.12. The summed E-state index contributed by atoms with van der Waals surface area (Å²) in [7, 11) is 0. The van der Waals surface area contributed by atoms with Gasteiger partial charge in [-0.25, -0.2) is 0 Å². The van der Waals surface area contributed by atoms with Crippen LogP contribution in [0.5, 0.6) is 5.75 Å². The molecule has 13 heteroatoms. The van der Waals surface area contributed by atoms with Gasteiger partial charge in [-0.1, -0.05) is 0 Å². The van der Waals surface area contributed by atoms with Crippen LogP contribution in [0.15, 0.2) is 6.07 Å². The first-order valence-corrected chi connectivity index (χ1v) is 4.93. The fourth-order valence-corrected chi connectivity index (χ4v) is 1.33. The molecule has 6 nitrogen and oxygen atoms in total. The molecule has 1 heterocycles. The molecule has 0 bridgehead atoms. The van der Waals surface area contributed by atoms with Gasteiger partial charge >= 0.3 is 18.4 Å². The first-order valence-electron chi connectivity index (χ1n) is 4.55. The number of nitrogens with zero attached hydrogens (tertiary/aromatic N) is 2. The molecule has 1 rings (SSSR count). The lowest BCUT2D eigenvalue weighted by Crippen LogP contribution is -2.21. The minimum absolute atomic E-state index is 0.367. The highest BCUT2D eigenvalue weighted by Gasteiger charge is 2.43. The van der Waals surface area contributed by atoms with E-state index in [0.29, 0.717) is 0 Å². The Morgan fingerprint density at radius 3 is 2.14 bits per heavy atom. The number of alkyl halides is 6. The van der Waals surface area contributed by atoms with E-state index in [1.165, 1.54) is 0 Å². The van der Waals surface area contributed by atoms with Crippen LogP contribution in [-0.4, -0.2) is 21.5 Å². The molecule has 0 radical (unpaired) electrons. The number of hydrogen-bond acceptors (Lipinski definition) is 5. The van der Waals surface area contributed by atoms with Gasteiger partial charge in [-0.2, -0.15) is 13.2 Å². The summed E-state index contributed by atoms with van der Waals surface area (Å²) in [6.07, 6.45) is -10.8. The van der Waals surface area contributed by atoms with Crippen molar-refractivity contribution >= 4 is 22.7 Å². The van der Waals surface area contributed by atoms with Crippen molar-refractivity contribution in [3.05, 3.63) is 27.4 Å². The van der Waals surface area contributed by atoms with Gasteiger partial charge in [-0.05, 0) is 21.5 Å². The van der Waals surface area contributed by atoms with Crippen molar-refractivity contribution in [1.29, 1.82) is 0 Å². The molecule has 0 aromatic carbocycles. The normalized spacial score (nSPS) is 12.1. The summed E-state index contributed by atoms with van der Waals surface area (Å²) in [4.78, 5) is 22.4. The Hall–Kier alpha value is -2.11. The molecule has 116 valence electrons. The van der Waals surface area contributed by atoms with Crippen LogP contribution in [0.2, 0.25) is 0 Å². The Labute approximate surface area is 115 Å². The van der Waals surface area contributed by atoms with Crippen molar-refractivity contribution in [3.63, 3.8) is 0 Å². The van der Waals surface area contributed by atoms with Crippen molar-refractivity contribution in [2.24, 2.45) is 0 Å². The Balaban J connectivity index is 3.63. The fraction of sp³-hybridized carbons (Fsp3) is 0.250. The van der Waals surface area contributed by atoms with Crippen molar-refractivity contribution in [3.8, 4) is 5.75 Å². The third kappa shape index (κ3) is 4.18. The Bertz CT molecular complexity index is 600. The maximum absolute atomic E-state index is 12.6. The molecule has 0 aliphatic carbocycles. The van der Waals surface area contributed by atoms with Crippen LogP contribution in [0.1, 0.15) is 16.1 Å². The zero-order valence-electron chi connectivity index (χ0n) is 9.25. The van der Waals surface area contributed by atoms with E-state index < -0.39 is 45.5 Å². The van der Waals surface area contributed by atoms with Crippen LogP contribution >= 0.6 is 11.6 Å². The number of aromatic nitrogens is 1. The first kappa shape index (κ1) is 16.9. The lowest BCUT2D eigenvalue weighted by molar-refractivity contribution is -0.393. The highest BCUT2D eigenvalue weighted by atomic mass is 35.5. The van der Waals surface area contributed by atoms with Gasteiger partial charge in [0.1, 0.15) is 5.56 Å². The van der Waals surface area contributed by atoms with Gasteiger partial charge in [0.2, 0.25) is 11.4 Å². The molecule has 0 spiro atoms. The average Bonchev–Trinajstić information content (AvgIpc) is 2.24. The molecular formula is C8HClF6N2O4. The topological polar surface area (TPSA) is 82.3 Å². The number of hydrogen-bond donors (Lipinski definition) is 0. The molecule has 1 aromatic rings. The van der Waals surface area contributed by atoms with E-state index in [2.05, 4.69) is 9.72 Å². The van der Waals surface area contributed by atoms with Crippen LogP contribution in [0.4, 0.5) is 32.2 Å². The summed E-state index contributed by atoms with van der Waals surface area (Å²) in [6.45, 7) is 0. The summed E-state index contributed by atoms with van der Waals surface area (Å²) < 4.78 is 77.0. The largest absolute Gasteiger partial charge is 0.573 e. The van der Waals surface area contributed by atoms with E-state index in [1.54, 1.807) is 0 Å². The smallest absolute Gasteiger partial charge is 0.397 e. The standard InChI is InChI=1S/C8HClF6N2O4/c9-5(18)4-2(7(10,11)12)1-3(21-8(13,14)15)6(16-4)17(19)20/h1H. The molecule has 0 atom stereocenters. The molecule has 0 unspecified atom stereocenters. The van der Waals surface area contributed by atoms with Gasteiger partial charge < -0.3 is 14.9 Å². The number of pyridine rings is 1. The minimum Gasteiger partial charge on any atom is -0.397 e. The lowest BCUT2D eigenvalue weighted by atomic mass is 10.2. The van der Waals surface area contributed by atoms with Crippen LogP contribution < -0.4 is 4.74 Å². The van der Waals surface area contributed by atoms with Crippen molar-refractivity contribution in [2.75, 3.05) is 0 Å². The van der Waals surface area contributed by atoms with Crippen LogP contribution in [0, 0.1) is 10.1 Å². The second-order valence-corrected chi connectivity index (χ2v) is 3.63. The van der Waals surface area contributed by atoms with Gasteiger partial charge in [-0.3, -0.25) is 4.79 Å². The summed E-state index contributed by atoms with van der Waals surface area (Å²) >= 11 is 4.79. The minimum atomic E-state index is -5.50. The molecule has 0 saturated heterocycles. The molecule has 21 heavy (non-hydrogen) atoms. The number of rotatable bonds is 3. The first-order chi connectivity index (χ1) is 9.33. The zero-order valence-corrected chi connectivity index (χ0v) is 10.0. The summed E-state index contributed by atoms with van der Waals surface area (Å²) in [6, 6.07) is -0.367. The Kier molecular flexibility index (Phi) is 4.32. The molecule has 0 N–H and O–H groups in total. The van der Waals surface area contributed by atoms with Crippen molar-refractivity contribution in [2.45, 2.75) is 12.5 Å². The van der Waals surface area contributed by atoms with Crippen LogP contribution in [0.25, 0.3) is 0 Å². The predicted molar refractivity (Wildman–Crippen MR) is 52.8 cm³/mol. The quantitative estimate of drug-likeness (QED) is 0.365. The second kappa shape index (κ2) is 5.35. The van der Waals surface area contributed by atoms with E-state index in [9.17, 15) is 41.3 Å². The summed E-state index contributed by atoms with van der Waals surface area (Å²) in [5.74, 6) is -3.55. The number of carbonyl (C=O) groups is 1. The van der Waals surface area contributed by atoms with Crippen molar-refractivity contribution < 1.29 is 40.8 Å². The highest BCUT2D eigenvalue weighted by molar-refractivity contribution is 6.67. The third-order valence-corrected chi connectivity index (χ3v) is 2.04. The van der Waals surface area contributed by atoms with E-state index in [0.717, 1.165) is 0 Å². The molecule has 0 aliphatic rings. The fourth-order valence-electron chi connectivity index (χ4n) is 1.18. The van der Waals surface area contributed by atoms with Gasteiger partial charge in [0.25, 0.3) is 5.24 Å². The van der Waals surface area contributed by atoms with Gasteiger partial charge in [-0.15, -0.1) is 13.2 Å². The summed E-state index contributed by atoms with van der Waals surface area (Å²) in [5, 5.41) is 8.67. The Morgan fingerprint density at radius 1 is 1.29 bits per heavy atom. The van der Waals surface area contributed by atoms with Crippen LogP contribution in [0.3, 0.4) is 0 Å². The monoisotopic (exact) mass is 338 g/mol. The van der Waals surface area contributed by atoms with E-state index in [1.807, 2.05) is 0 Å². The number of ether oxygens (including phenoxy) is 1. The maximum atomic E-state index is 12.6. The van der Waals surface area contributed by atoms with Crippen LogP contribution in [-0.2, 0) is 6.18 Å². The zero-order chi connectivity index (χ0) is 16.6. The van der Waals surface area contributed by atoms with E-state index >= 15 is 0 Å². The molecule has 0 aliphatic heterocycles. The molecule has 1 aromatic heterocycles. The number of carbonyl (C=O) groups excluding carboxylic acids is 1. The average molecular weight is 339 g/mol. The highest BCUT2D eigenvalue weighted by Crippen LogP contribution is 2.39. The van der Waals surface area contributed by atoms with Gasteiger partial charge in [0, 0.05) is 6.07 Å².